The molecule has 2 unspecified atom stereocenters. The lowest BCUT2D eigenvalue weighted by atomic mass is 9.81. The Bertz CT molecular complexity index is 441. The summed E-state index contributed by atoms with van der Waals surface area (Å²) in [6.45, 7) is 3.71. The van der Waals surface area contributed by atoms with Crippen molar-refractivity contribution < 1.29 is 4.79 Å². The fourth-order valence-corrected chi connectivity index (χ4v) is 3.28. The van der Waals surface area contributed by atoms with Gasteiger partial charge in [-0.05, 0) is 35.8 Å². The first kappa shape index (κ1) is 16.0. The molecule has 3 N–H and O–H groups in total. The summed E-state index contributed by atoms with van der Waals surface area (Å²) in [5.41, 5.74) is 7.72. The highest BCUT2D eigenvalue weighted by Gasteiger charge is 2.18. The highest BCUT2D eigenvalue weighted by atomic mass is 16.1. The highest BCUT2D eigenvalue weighted by molar-refractivity contribution is 5.78. The third kappa shape index (κ3) is 5.50. The molecule has 1 fully saturated rings. The van der Waals surface area contributed by atoms with Crippen molar-refractivity contribution in [3.05, 3.63) is 35.4 Å². The van der Waals surface area contributed by atoms with Crippen LogP contribution in [0.25, 0.3) is 0 Å². The minimum atomic E-state index is 0.124. The van der Waals surface area contributed by atoms with Gasteiger partial charge in [0.1, 0.15) is 0 Å². The maximum Gasteiger partial charge on any atom is 0.224 e. The first-order valence-corrected chi connectivity index (χ1v) is 8.22. The number of carbonyl (C=O) groups is 1. The van der Waals surface area contributed by atoms with E-state index in [1.165, 1.54) is 25.7 Å². The van der Waals surface area contributed by atoms with E-state index in [0.717, 1.165) is 35.9 Å². The van der Waals surface area contributed by atoms with Crippen molar-refractivity contribution in [2.24, 2.45) is 17.6 Å². The standard InChI is InChI=1S/C18H28N2O/c1-14-3-2-4-15(11-14)9-10-20-18(21)12-16-5-7-17(13-19)8-6-16/h5-8,14-15H,2-4,9-13,19H2,1H3,(H,20,21). The van der Waals surface area contributed by atoms with Crippen LogP contribution in [0.5, 0.6) is 0 Å². The van der Waals surface area contributed by atoms with Crippen LogP contribution in [0.2, 0.25) is 0 Å². The molecule has 1 aromatic carbocycles. The molecule has 0 bridgehead atoms. The van der Waals surface area contributed by atoms with E-state index in [9.17, 15) is 4.79 Å². The van der Waals surface area contributed by atoms with Gasteiger partial charge in [-0.2, -0.15) is 0 Å². The Hall–Kier alpha value is -1.35. The normalized spacial score (nSPS) is 22.0. The first-order valence-electron chi connectivity index (χ1n) is 8.22. The Morgan fingerprint density at radius 2 is 1.95 bits per heavy atom. The first-order chi connectivity index (χ1) is 10.2. The highest BCUT2D eigenvalue weighted by Crippen LogP contribution is 2.30. The number of carbonyl (C=O) groups excluding carboxylic acids is 1. The Morgan fingerprint density at radius 3 is 2.62 bits per heavy atom. The van der Waals surface area contributed by atoms with Gasteiger partial charge in [-0.3, -0.25) is 4.79 Å². The Morgan fingerprint density at radius 1 is 1.24 bits per heavy atom. The molecule has 0 aromatic heterocycles. The Balaban J connectivity index is 1.67. The zero-order chi connectivity index (χ0) is 15.1. The van der Waals surface area contributed by atoms with E-state index in [1.807, 2.05) is 24.3 Å². The van der Waals surface area contributed by atoms with E-state index in [2.05, 4.69) is 12.2 Å². The summed E-state index contributed by atoms with van der Waals surface area (Å²) in [6, 6.07) is 7.97. The van der Waals surface area contributed by atoms with Crippen molar-refractivity contribution >= 4 is 5.91 Å². The van der Waals surface area contributed by atoms with Crippen molar-refractivity contribution in [2.75, 3.05) is 6.54 Å². The molecule has 0 spiro atoms. The van der Waals surface area contributed by atoms with Crippen LogP contribution in [0.3, 0.4) is 0 Å². The molecule has 1 aliphatic carbocycles. The van der Waals surface area contributed by atoms with E-state index in [0.29, 0.717) is 13.0 Å². The van der Waals surface area contributed by atoms with Crippen molar-refractivity contribution in [1.29, 1.82) is 0 Å². The lowest BCUT2D eigenvalue weighted by Crippen LogP contribution is -2.28. The fraction of sp³-hybridized carbons (Fsp3) is 0.611. The number of hydrogen-bond donors (Lipinski definition) is 2. The maximum atomic E-state index is 11.9. The number of hydrogen-bond acceptors (Lipinski definition) is 2. The van der Waals surface area contributed by atoms with Crippen LogP contribution in [0.15, 0.2) is 24.3 Å². The Kier molecular flexibility index (Phi) is 6.24. The van der Waals surface area contributed by atoms with Gasteiger partial charge in [0.2, 0.25) is 5.91 Å². The molecule has 1 aliphatic rings. The van der Waals surface area contributed by atoms with E-state index in [4.69, 9.17) is 5.73 Å². The van der Waals surface area contributed by atoms with Crippen LogP contribution in [-0.2, 0) is 17.8 Å². The lowest BCUT2D eigenvalue weighted by Gasteiger charge is -2.26. The van der Waals surface area contributed by atoms with Crippen LogP contribution >= 0.6 is 0 Å². The summed E-state index contributed by atoms with van der Waals surface area (Å²) >= 11 is 0. The molecule has 0 radical (unpaired) electrons. The van der Waals surface area contributed by atoms with Crippen LogP contribution in [0, 0.1) is 11.8 Å². The monoisotopic (exact) mass is 288 g/mol. The molecule has 3 heteroatoms. The van der Waals surface area contributed by atoms with Gasteiger partial charge in [-0.15, -0.1) is 0 Å². The van der Waals surface area contributed by atoms with Gasteiger partial charge in [-0.25, -0.2) is 0 Å². The number of rotatable bonds is 6. The average Bonchev–Trinajstić information content (AvgIpc) is 2.48. The summed E-state index contributed by atoms with van der Waals surface area (Å²) in [6.07, 6.45) is 6.99. The summed E-state index contributed by atoms with van der Waals surface area (Å²) in [5, 5.41) is 3.06. The topological polar surface area (TPSA) is 55.1 Å². The molecule has 0 aliphatic heterocycles. The third-order valence-electron chi connectivity index (χ3n) is 4.54. The quantitative estimate of drug-likeness (QED) is 0.845. The molecule has 0 saturated heterocycles. The van der Waals surface area contributed by atoms with Crippen LogP contribution in [-0.4, -0.2) is 12.5 Å². The number of benzene rings is 1. The molecule has 1 aromatic rings. The molecule has 2 atom stereocenters. The lowest BCUT2D eigenvalue weighted by molar-refractivity contribution is -0.120. The molecule has 3 nitrogen and oxygen atoms in total. The molecule has 116 valence electrons. The predicted molar refractivity (Wildman–Crippen MR) is 86.8 cm³/mol. The van der Waals surface area contributed by atoms with Crippen LogP contribution in [0.4, 0.5) is 0 Å². The molecule has 21 heavy (non-hydrogen) atoms. The summed E-state index contributed by atoms with van der Waals surface area (Å²) < 4.78 is 0. The summed E-state index contributed by atoms with van der Waals surface area (Å²) in [7, 11) is 0. The van der Waals surface area contributed by atoms with Crippen LogP contribution in [0.1, 0.15) is 50.2 Å². The zero-order valence-corrected chi connectivity index (χ0v) is 13.1. The molecule has 0 heterocycles. The van der Waals surface area contributed by atoms with Gasteiger partial charge in [0.05, 0.1) is 6.42 Å². The van der Waals surface area contributed by atoms with E-state index in [-0.39, 0.29) is 5.91 Å². The van der Waals surface area contributed by atoms with Crippen molar-refractivity contribution in [1.82, 2.24) is 5.32 Å². The maximum absolute atomic E-state index is 11.9. The number of amides is 1. The summed E-state index contributed by atoms with van der Waals surface area (Å²) in [5.74, 6) is 1.79. The minimum Gasteiger partial charge on any atom is -0.356 e. The van der Waals surface area contributed by atoms with Gasteiger partial charge in [0.25, 0.3) is 0 Å². The number of nitrogens with two attached hydrogens (primary N) is 1. The second-order valence-electron chi connectivity index (χ2n) is 6.47. The van der Waals surface area contributed by atoms with Crippen molar-refractivity contribution in [2.45, 2.75) is 52.0 Å². The van der Waals surface area contributed by atoms with Gasteiger partial charge in [-0.1, -0.05) is 50.5 Å². The predicted octanol–water partition coefficient (Wildman–Crippen LogP) is 3.02. The second kappa shape index (κ2) is 8.18. The van der Waals surface area contributed by atoms with E-state index >= 15 is 0 Å². The number of nitrogens with one attached hydrogen (secondary N) is 1. The fourth-order valence-electron chi connectivity index (χ4n) is 3.28. The summed E-state index contributed by atoms with van der Waals surface area (Å²) in [4.78, 5) is 11.9. The van der Waals surface area contributed by atoms with Crippen molar-refractivity contribution in [3.8, 4) is 0 Å². The Labute approximate surface area is 128 Å². The second-order valence-corrected chi connectivity index (χ2v) is 6.47. The SMILES string of the molecule is CC1CCCC(CCNC(=O)Cc2ccc(CN)cc2)C1. The molecule has 1 amide bonds. The molecule has 1 saturated carbocycles. The smallest absolute Gasteiger partial charge is 0.224 e. The van der Waals surface area contributed by atoms with Crippen LogP contribution < -0.4 is 11.1 Å². The van der Waals surface area contributed by atoms with Crippen molar-refractivity contribution in [3.63, 3.8) is 0 Å². The van der Waals surface area contributed by atoms with Gasteiger partial charge >= 0.3 is 0 Å². The molecular weight excluding hydrogens is 260 g/mol. The molecule has 2 rings (SSSR count). The average molecular weight is 288 g/mol. The van der Waals surface area contributed by atoms with E-state index < -0.39 is 0 Å². The zero-order valence-electron chi connectivity index (χ0n) is 13.1. The third-order valence-corrected chi connectivity index (χ3v) is 4.54. The van der Waals surface area contributed by atoms with Gasteiger partial charge in [0, 0.05) is 13.1 Å². The minimum absolute atomic E-state index is 0.124. The molecular formula is C18H28N2O. The van der Waals surface area contributed by atoms with Gasteiger partial charge < -0.3 is 11.1 Å². The van der Waals surface area contributed by atoms with Gasteiger partial charge in [0.15, 0.2) is 0 Å². The van der Waals surface area contributed by atoms with E-state index in [1.54, 1.807) is 0 Å². The largest absolute Gasteiger partial charge is 0.356 e.